The molecule has 0 amide bonds. The van der Waals surface area contributed by atoms with E-state index in [4.69, 9.17) is 18.5 Å². The van der Waals surface area contributed by atoms with Gasteiger partial charge in [-0.3, -0.25) is 18.6 Å². The molecule has 0 aromatic heterocycles. The van der Waals surface area contributed by atoms with Gasteiger partial charge in [-0.15, -0.1) is 0 Å². The summed E-state index contributed by atoms with van der Waals surface area (Å²) >= 11 is 0. The first-order valence-electron chi connectivity index (χ1n) is 34.3. The molecule has 84 heavy (non-hydrogen) atoms. The third-order valence-corrected chi connectivity index (χ3v) is 15.5. The Morgan fingerprint density at radius 1 is 0.381 bits per heavy atom. The number of carbonyl (C=O) groups is 2. The van der Waals surface area contributed by atoms with E-state index in [1.807, 2.05) is 21.1 Å². The highest BCUT2D eigenvalue weighted by Gasteiger charge is 2.27. The Bertz CT molecular complexity index is 1830. The van der Waals surface area contributed by atoms with Crippen molar-refractivity contribution in [3.63, 3.8) is 0 Å². The fourth-order valence-corrected chi connectivity index (χ4v) is 9.98. The Morgan fingerprint density at radius 3 is 1.01 bits per heavy atom. The lowest BCUT2D eigenvalue weighted by Gasteiger charge is -2.24. The van der Waals surface area contributed by atoms with Gasteiger partial charge in [0.15, 0.2) is 6.10 Å². The van der Waals surface area contributed by atoms with E-state index in [1.54, 1.807) is 0 Å². The molecule has 0 fully saturated rings. The monoisotopic (exact) mass is 1190 g/mol. The molecule has 0 rings (SSSR count). The molecule has 2 atom stereocenters. The number of quaternary nitrogens is 1. The van der Waals surface area contributed by atoms with E-state index in [1.165, 1.54) is 141 Å². The van der Waals surface area contributed by atoms with Gasteiger partial charge in [-0.1, -0.05) is 283 Å². The van der Waals surface area contributed by atoms with Crippen molar-refractivity contribution in [2.45, 2.75) is 290 Å². The van der Waals surface area contributed by atoms with Crippen molar-refractivity contribution in [1.82, 2.24) is 0 Å². The number of rotatable bonds is 62. The summed E-state index contributed by atoms with van der Waals surface area (Å²) in [5, 5.41) is 0. The van der Waals surface area contributed by atoms with Gasteiger partial charge in [0, 0.05) is 12.8 Å². The molecule has 10 heteroatoms. The molecule has 0 aromatic rings. The quantitative estimate of drug-likeness (QED) is 0.0211. The summed E-state index contributed by atoms with van der Waals surface area (Å²) in [5.41, 5.74) is 0. The SMILES string of the molecule is CC/C=C\C/C=C\C/C=C\C/C=C\C/C=C\C/C=C\C/C=C\CCCCCCCCCCCCCCCCCCCCCC(=O)OC(COC(=O)CCCCCCCC/C=C\C/C=C\C/C=C\CCCCC)COP(=O)(O)OCC[N+](C)(C)C. The van der Waals surface area contributed by atoms with Gasteiger partial charge in [-0.25, -0.2) is 4.57 Å². The molecule has 0 heterocycles. The first-order chi connectivity index (χ1) is 41.0. The van der Waals surface area contributed by atoms with Gasteiger partial charge in [0.25, 0.3) is 0 Å². The van der Waals surface area contributed by atoms with Crippen LogP contribution in [-0.2, 0) is 32.7 Å². The van der Waals surface area contributed by atoms with Gasteiger partial charge in [0.05, 0.1) is 27.7 Å². The number of esters is 2. The van der Waals surface area contributed by atoms with Gasteiger partial charge in [-0.05, 0) is 109 Å². The van der Waals surface area contributed by atoms with Crippen LogP contribution in [0.15, 0.2) is 122 Å². The zero-order valence-corrected chi connectivity index (χ0v) is 55.7. The lowest BCUT2D eigenvalue weighted by atomic mass is 10.0. The van der Waals surface area contributed by atoms with Crippen molar-refractivity contribution in [1.29, 1.82) is 0 Å². The van der Waals surface area contributed by atoms with Crippen LogP contribution in [0.25, 0.3) is 0 Å². The van der Waals surface area contributed by atoms with Crippen molar-refractivity contribution in [3.05, 3.63) is 122 Å². The largest absolute Gasteiger partial charge is 0.472 e. The standard InChI is InChI=1S/C74H128NO8P/c1-6-8-10-12-14-16-18-20-22-24-26-27-28-29-30-31-32-33-34-35-36-37-38-39-40-41-42-43-44-45-46-47-49-51-53-55-57-59-61-63-65-67-74(77)83-72(71-82-84(78,79)81-69-68-75(3,4)5)70-80-73(76)66-64-62-60-58-56-54-52-50-48-25-23-21-19-17-15-13-11-9-7-2/h8,10,14-17,20-23,26-27,29-30,32-33,35-36,48,50,72H,6-7,9,11-13,18-19,24-25,28,31,34,37-47,49,51-71H2,1-5H3/p+1/b10-8-,16-14-,17-15-,22-20-,23-21-,27-26-,30-29-,33-32-,36-35-,50-48-. The van der Waals surface area contributed by atoms with Crippen LogP contribution < -0.4 is 0 Å². The molecule has 482 valence electrons. The maximum absolute atomic E-state index is 12.9. The number of likely N-dealkylation sites (N-methyl/N-ethyl adjacent to an activating group) is 1. The van der Waals surface area contributed by atoms with Crippen LogP contribution >= 0.6 is 7.82 Å². The fourth-order valence-electron chi connectivity index (χ4n) is 9.24. The summed E-state index contributed by atoms with van der Waals surface area (Å²) in [6.07, 6.45) is 91.6. The van der Waals surface area contributed by atoms with E-state index < -0.39 is 26.5 Å². The van der Waals surface area contributed by atoms with Gasteiger partial charge in [0.1, 0.15) is 19.8 Å². The molecule has 1 N–H and O–H groups in total. The summed E-state index contributed by atoms with van der Waals surface area (Å²) in [7, 11) is 1.47. The predicted molar refractivity (Wildman–Crippen MR) is 362 cm³/mol. The van der Waals surface area contributed by atoms with Crippen molar-refractivity contribution < 1.29 is 42.1 Å². The molecule has 0 aliphatic heterocycles. The normalized spacial score (nSPS) is 13.9. The minimum atomic E-state index is -4.40. The number of carbonyl (C=O) groups excluding carboxylic acids is 2. The smallest absolute Gasteiger partial charge is 0.462 e. The molecule has 0 radical (unpaired) electrons. The molecular weight excluding hydrogens is 1060 g/mol. The number of nitrogens with zero attached hydrogens (tertiary/aromatic N) is 1. The van der Waals surface area contributed by atoms with Crippen LogP contribution in [0.5, 0.6) is 0 Å². The zero-order valence-electron chi connectivity index (χ0n) is 54.9. The molecule has 0 saturated carbocycles. The minimum Gasteiger partial charge on any atom is -0.462 e. The lowest BCUT2D eigenvalue weighted by Crippen LogP contribution is -2.37. The first kappa shape index (κ1) is 80.4. The highest BCUT2D eigenvalue weighted by molar-refractivity contribution is 7.47. The molecule has 2 unspecified atom stereocenters. The Balaban J connectivity index is 3.99. The maximum Gasteiger partial charge on any atom is 0.472 e. The van der Waals surface area contributed by atoms with Gasteiger partial charge in [0.2, 0.25) is 0 Å². The second-order valence-electron chi connectivity index (χ2n) is 23.8. The second-order valence-corrected chi connectivity index (χ2v) is 25.3. The summed E-state index contributed by atoms with van der Waals surface area (Å²) < 4.78 is 34.6. The third-order valence-electron chi connectivity index (χ3n) is 14.5. The van der Waals surface area contributed by atoms with Crippen molar-refractivity contribution in [2.24, 2.45) is 0 Å². The number of unbranched alkanes of at least 4 members (excludes halogenated alkanes) is 28. The lowest BCUT2D eigenvalue weighted by molar-refractivity contribution is -0.870. The van der Waals surface area contributed by atoms with E-state index in [9.17, 15) is 19.0 Å². The van der Waals surface area contributed by atoms with Gasteiger partial charge < -0.3 is 18.9 Å². The Morgan fingerprint density at radius 2 is 0.679 bits per heavy atom. The average molecular weight is 1190 g/mol. The molecular formula is C74H129NO8P+. The molecule has 0 spiro atoms. The summed E-state index contributed by atoms with van der Waals surface area (Å²) in [4.78, 5) is 35.8. The Hall–Kier alpha value is -3.59. The highest BCUT2D eigenvalue weighted by Crippen LogP contribution is 2.43. The van der Waals surface area contributed by atoms with Crippen LogP contribution in [-0.4, -0.2) is 74.9 Å². The molecule has 0 aliphatic rings. The first-order valence-corrected chi connectivity index (χ1v) is 35.8. The summed E-state index contributed by atoms with van der Waals surface area (Å²) in [6, 6.07) is 0. The average Bonchev–Trinajstić information content (AvgIpc) is 3.61. The fraction of sp³-hybridized carbons (Fsp3) is 0.703. The number of ether oxygens (including phenoxy) is 2. The third kappa shape index (κ3) is 67.5. The molecule has 9 nitrogen and oxygen atoms in total. The number of hydrogen-bond acceptors (Lipinski definition) is 7. The Kier molecular flexibility index (Phi) is 61.2. The van der Waals surface area contributed by atoms with E-state index in [0.717, 1.165) is 109 Å². The molecule has 0 aliphatic carbocycles. The molecule has 0 saturated heterocycles. The van der Waals surface area contributed by atoms with E-state index in [-0.39, 0.29) is 32.0 Å². The summed E-state index contributed by atoms with van der Waals surface area (Å²) in [6.45, 7) is 4.29. The van der Waals surface area contributed by atoms with Crippen molar-refractivity contribution >= 4 is 19.8 Å². The topological polar surface area (TPSA) is 108 Å². The number of phosphoric acid groups is 1. The summed E-state index contributed by atoms with van der Waals surface area (Å²) in [5.74, 6) is -0.808. The number of hydrogen-bond donors (Lipinski definition) is 1. The minimum absolute atomic E-state index is 0.0261. The van der Waals surface area contributed by atoms with E-state index in [0.29, 0.717) is 17.4 Å². The van der Waals surface area contributed by atoms with E-state index in [2.05, 4.69) is 135 Å². The second kappa shape index (κ2) is 63.9. The number of allylic oxidation sites excluding steroid dienone is 20. The maximum atomic E-state index is 12.9. The Labute approximate surface area is 518 Å². The molecule has 0 bridgehead atoms. The highest BCUT2D eigenvalue weighted by atomic mass is 31.2. The van der Waals surface area contributed by atoms with Crippen LogP contribution in [0, 0.1) is 0 Å². The van der Waals surface area contributed by atoms with Crippen LogP contribution in [0.3, 0.4) is 0 Å². The van der Waals surface area contributed by atoms with E-state index >= 15 is 0 Å². The van der Waals surface area contributed by atoms with Gasteiger partial charge >= 0.3 is 19.8 Å². The molecule has 0 aromatic carbocycles. The van der Waals surface area contributed by atoms with Gasteiger partial charge in [-0.2, -0.15) is 0 Å². The van der Waals surface area contributed by atoms with Crippen LogP contribution in [0.2, 0.25) is 0 Å². The predicted octanol–water partition coefficient (Wildman–Crippen LogP) is 22.3. The zero-order chi connectivity index (χ0) is 61.2. The van der Waals surface area contributed by atoms with Crippen molar-refractivity contribution in [3.8, 4) is 0 Å². The van der Waals surface area contributed by atoms with Crippen LogP contribution in [0.1, 0.15) is 284 Å². The number of phosphoric ester groups is 1. The van der Waals surface area contributed by atoms with Crippen molar-refractivity contribution in [2.75, 3.05) is 47.5 Å². The van der Waals surface area contributed by atoms with Crippen LogP contribution in [0.4, 0.5) is 0 Å².